The van der Waals surface area contributed by atoms with E-state index in [9.17, 15) is 4.39 Å². The number of rotatable bonds is 5. The third kappa shape index (κ3) is 3.92. The minimum absolute atomic E-state index is 0.218. The lowest BCUT2D eigenvalue weighted by molar-refractivity contribution is 0.315. The molecule has 0 amide bonds. The second-order valence-corrected chi connectivity index (χ2v) is 5.08. The highest BCUT2D eigenvalue weighted by atomic mass is 35.5. The Morgan fingerprint density at radius 1 is 1.25 bits per heavy atom. The van der Waals surface area contributed by atoms with Gasteiger partial charge in [-0.15, -0.1) is 0 Å². The Labute approximate surface area is 123 Å². The second-order valence-electron chi connectivity index (χ2n) is 4.68. The summed E-state index contributed by atoms with van der Waals surface area (Å²) in [6.07, 6.45) is 0. The lowest BCUT2D eigenvalue weighted by atomic mass is 10.2. The van der Waals surface area contributed by atoms with Crippen LogP contribution in [0.5, 0.6) is 0 Å². The van der Waals surface area contributed by atoms with Crippen LogP contribution in [0.3, 0.4) is 0 Å². The molecule has 2 aromatic rings. The van der Waals surface area contributed by atoms with E-state index in [1.807, 2.05) is 37.2 Å². The van der Waals surface area contributed by atoms with E-state index in [4.69, 9.17) is 11.6 Å². The molecule has 0 fully saturated rings. The van der Waals surface area contributed by atoms with Gasteiger partial charge in [0.15, 0.2) is 0 Å². The third-order valence-corrected chi connectivity index (χ3v) is 3.28. The number of nitrogens with zero attached hydrogens (tertiary/aromatic N) is 2. The Bertz CT molecular complexity index is 589. The van der Waals surface area contributed by atoms with Crippen molar-refractivity contribution < 1.29 is 4.39 Å². The fraction of sp³-hybridized carbons (Fsp3) is 0.267. The Morgan fingerprint density at radius 2 is 2.05 bits per heavy atom. The molecule has 106 valence electrons. The van der Waals surface area contributed by atoms with Gasteiger partial charge in [-0.05, 0) is 36.9 Å². The molecule has 0 radical (unpaired) electrons. The third-order valence-electron chi connectivity index (χ3n) is 2.94. The standard InChI is InChI=1S/C15H17ClFN3/c1-18-15-7-6-13(16)14(19-15)10-20(2)9-11-4-3-5-12(17)8-11/h3-8H,9-10H2,1-2H3,(H,18,19). The van der Waals surface area contributed by atoms with Crippen molar-refractivity contribution in [1.29, 1.82) is 0 Å². The summed E-state index contributed by atoms with van der Waals surface area (Å²) in [4.78, 5) is 6.48. The molecule has 5 heteroatoms. The SMILES string of the molecule is CNc1ccc(Cl)c(CN(C)Cc2cccc(F)c2)n1. The van der Waals surface area contributed by atoms with E-state index in [-0.39, 0.29) is 5.82 Å². The van der Waals surface area contributed by atoms with Crippen LogP contribution in [0.4, 0.5) is 10.2 Å². The average molecular weight is 294 g/mol. The molecule has 2 rings (SSSR count). The van der Waals surface area contributed by atoms with E-state index in [0.29, 0.717) is 18.1 Å². The first kappa shape index (κ1) is 14.8. The van der Waals surface area contributed by atoms with Crippen molar-refractivity contribution in [3.63, 3.8) is 0 Å². The minimum Gasteiger partial charge on any atom is -0.373 e. The van der Waals surface area contributed by atoms with Gasteiger partial charge in [-0.25, -0.2) is 9.37 Å². The van der Waals surface area contributed by atoms with E-state index >= 15 is 0 Å². The Morgan fingerprint density at radius 3 is 2.75 bits per heavy atom. The highest BCUT2D eigenvalue weighted by Crippen LogP contribution is 2.18. The molecule has 0 atom stereocenters. The van der Waals surface area contributed by atoms with Crippen molar-refractivity contribution in [3.8, 4) is 0 Å². The molecule has 0 saturated heterocycles. The number of hydrogen-bond acceptors (Lipinski definition) is 3. The molecular weight excluding hydrogens is 277 g/mol. The van der Waals surface area contributed by atoms with Crippen molar-refractivity contribution in [2.24, 2.45) is 0 Å². The summed E-state index contributed by atoms with van der Waals surface area (Å²) in [5.41, 5.74) is 1.73. The highest BCUT2D eigenvalue weighted by molar-refractivity contribution is 6.31. The molecule has 0 bridgehead atoms. The van der Waals surface area contributed by atoms with Crippen LogP contribution in [0, 0.1) is 5.82 Å². The first-order valence-electron chi connectivity index (χ1n) is 6.34. The van der Waals surface area contributed by atoms with Crippen molar-refractivity contribution in [3.05, 3.63) is 58.5 Å². The first-order valence-corrected chi connectivity index (χ1v) is 6.72. The maximum atomic E-state index is 13.1. The zero-order valence-corrected chi connectivity index (χ0v) is 12.3. The fourth-order valence-electron chi connectivity index (χ4n) is 1.99. The van der Waals surface area contributed by atoms with Crippen LogP contribution in [0.2, 0.25) is 5.02 Å². The van der Waals surface area contributed by atoms with Crippen LogP contribution in [0.25, 0.3) is 0 Å². The van der Waals surface area contributed by atoms with Gasteiger partial charge in [0, 0.05) is 20.1 Å². The molecule has 0 aliphatic carbocycles. The monoisotopic (exact) mass is 293 g/mol. The Kier molecular flexibility index (Phi) is 4.93. The second kappa shape index (κ2) is 6.68. The van der Waals surface area contributed by atoms with Gasteiger partial charge in [-0.1, -0.05) is 23.7 Å². The molecule has 1 N–H and O–H groups in total. The van der Waals surface area contributed by atoms with Gasteiger partial charge in [0.2, 0.25) is 0 Å². The lowest BCUT2D eigenvalue weighted by Crippen LogP contribution is -2.18. The quantitative estimate of drug-likeness (QED) is 0.914. The van der Waals surface area contributed by atoms with E-state index in [1.165, 1.54) is 12.1 Å². The molecule has 0 aliphatic heterocycles. The van der Waals surface area contributed by atoms with Crippen LogP contribution in [0.15, 0.2) is 36.4 Å². The van der Waals surface area contributed by atoms with Gasteiger partial charge >= 0.3 is 0 Å². The molecule has 1 aromatic heterocycles. The zero-order valence-electron chi connectivity index (χ0n) is 11.5. The highest BCUT2D eigenvalue weighted by Gasteiger charge is 2.08. The van der Waals surface area contributed by atoms with Gasteiger partial charge in [0.1, 0.15) is 11.6 Å². The van der Waals surface area contributed by atoms with E-state index in [0.717, 1.165) is 17.1 Å². The van der Waals surface area contributed by atoms with E-state index < -0.39 is 0 Å². The van der Waals surface area contributed by atoms with Gasteiger partial charge < -0.3 is 5.32 Å². The smallest absolute Gasteiger partial charge is 0.126 e. The summed E-state index contributed by atoms with van der Waals surface area (Å²) in [6.45, 7) is 1.24. The average Bonchev–Trinajstić information content (AvgIpc) is 2.41. The molecular formula is C15H17ClFN3. The largest absolute Gasteiger partial charge is 0.373 e. The topological polar surface area (TPSA) is 28.2 Å². The van der Waals surface area contributed by atoms with E-state index in [2.05, 4.69) is 10.3 Å². The zero-order chi connectivity index (χ0) is 14.5. The molecule has 0 unspecified atom stereocenters. The van der Waals surface area contributed by atoms with Crippen molar-refractivity contribution >= 4 is 17.4 Å². The van der Waals surface area contributed by atoms with Crippen molar-refractivity contribution in [2.45, 2.75) is 13.1 Å². The van der Waals surface area contributed by atoms with Crippen LogP contribution < -0.4 is 5.32 Å². The van der Waals surface area contributed by atoms with Crippen molar-refractivity contribution in [1.82, 2.24) is 9.88 Å². The molecule has 1 heterocycles. The van der Waals surface area contributed by atoms with Crippen LogP contribution in [0.1, 0.15) is 11.3 Å². The summed E-state index contributed by atoms with van der Waals surface area (Å²) in [5, 5.41) is 3.62. The van der Waals surface area contributed by atoms with E-state index in [1.54, 1.807) is 6.07 Å². The number of hydrogen-bond donors (Lipinski definition) is 1. The molecule has 0 saturated carbocycles. The summed E-state index contributed by atoms with van der Waals surface area (Å²) >= 11 is 6.15. The normalized spacial score (nSPS) is 10.8. The van der Waals surface area contributed by atoms with Gasteiger partial charge in [0.05, 0.1) is 10.7 Å². The maximum Gasteiger partial charge on any atom is 0.126 e. The fourth-order valence-corrected chi connectivity index (χ4v) is 2.16. The molecule has 1 aromatic carbocycles. The molecule has 20 heavy (non-hydrogen) atoms. The van der Waals surface area contributed by atoms with Gasteiger partial charge in [-0.2, -0.15) is 0 Å². The maximum absolute atomic E-state index is 13.1. The predicted octanol–water partition coefficient (Wildman–Crippen LogP) is 3.55. The number of halogens is 2. The summed E-state index contributed by atoms with van der Waals surface area (Å²) in [6, 6.07) is 10.3. The number of aromatic nitrogens is 1. The number of anilines is 1. The number of nitrogens with one attached hydrogen (secondary N) is 1. The van der Waals surface area contributed by atoms with Crippen LogP contribution in [-0.2, 0) is 13.1 Å². The Balaban J connectivity index is 2.06. The summed E-state index contributed by atoms with van der Waals surface area (Å²) in [5.74, 6) is 0.563. The molecule has 0 aliphatic rings. The first-order chi connectivity index (χ1) is 9.58. The lowest BCUT2D eigenvalue weighted by Gasteiger charge is -2.17. The molecule has 0 spiro atoms. The van der Waals surface area contributed by atoms with Gasteiger partial charge in [0.25, 0.3) is 0 Å². The minimum atomic E-state index is -0.218. The summed E-state index contributed by atoms with van der Waals surface area (Å²) < 4.78 is 13.1. The number of benzene rings is 1. The summed E-state index contributed by atoms with van der Waals surface area (Å²) in [7, 11) is 3.77. The Hall–Kier alpha value is -1.65. The van der Waals surface area contributed by atoms with Crippen molar-refractivity contribution in [2.75, 3.05) is 19.4 Å². The van der Waals surface area contributed by atoms with Crippen LogP contribution >= 0.6 is 11.6 Å². The molecule has 3 nitrogen and oxygen atoms in total. The van der Waals surface area contributed by atoms with Gasteiger partial charge in [-0.3, -0.25) is 4.90 Å². The number of pyridine rings is 1. The van der Waals surface area contributed by atoms with Crippen LogP contribution in [-0.4, -0.2) is 24.0 Å². The predicted molar refractivity (Wildman–Crippen MR) is 80.4 cm³/mol.